The van der Waals surface area contributed by atoms with Crippen molar-refractivity contribution in [3.8, 4) is 5.75 Å². The molecule has 0 aliphatic rings. The van der Waals surface area contributed by atoms with Crippen LogP contribution in [0.2, 0.25) is 10.0 Å². The highest BCUT2D eigenvalue weighted by atomic mass is 35.5. The van der Waals surface area contributed by atoms with Crippen molar-refractivity contribution in [1.29, 1.82) is 0 Å². The lowest BCUT2D eigenvalue weighted by Gasteiger charge is -2.12. The van der Waals surface area contributed by atoms with Gasteiger partial charge in [-0.05, 0) is 24.3 Å². The van der Waals surface area contributed by atoms with Crippen molar-refractivity contribution in [1.82, 2.24) is 0 Å². The molecule has 0 bridgehead atoms. The van der Waals surface area contributed by atoms with E-state index in [1.807, 2.05) is 0 Å². The molecule has 0 saturated carbocycles. The predicted molar refractivity (Wildman–Crippen MR) is 83.4 cm³/mol. The summed E-state index contributed by atoms with van der Waals surface area (Å²) in [6, 6.07) is 8.45. The quantitative estimate of drug-likeness (QED) is 0.484. The summed E-state index contributed by atoms with van der Waals surface area (Å²) in [4.78, 5) is 10.5. The molecule has 0 aliphatic carbocycles. The molecule has 5 nitrogen and oxygen atoms in total. The number of aliphatic carboxylic acids is 1. The second-order valence-electron chi connectivity index (χ2n) is 4.35. The van der Waals surface area contributed by atoms with E-state index < -0.39 is 18.4 Å². The van der Waals surface area contributed by atoms with Crippen LogP contribution in [-0.2, 0) is 4.79 Å². The minimum Gasteiger partial charge on any atom is -0.480 e. The first-order valence-electron chi connectivity index (χ1n) is 6.25. The molecule has 0 spiro atoms. The van der Waals surface area contributed by atoms with E-state index in [-0.39, 0.29) is 32.6 Å². The van der Waals surface area contributed by atoms with Gasteiger partial charge in [0.2, 0.25) is 0 Å². The summed E-state index contributed by atoms with van der Waals surface area (Å²) in [6.07, 6.45) is 0. The molecule has 0 aromatic heterocycles. The average molecular weight is 358 g/mol. The third-order valence-electron chi connectivity index (χ3n) is 2.88. The number of ether oxygens (including phenoxy) is 1. The van der Waals surface area contributed by atoms with Gasteiger partial charge in [0.05, 0.1) is 5.02 Å². The van der Waals surface area contributed by atoms with Gasteiger partial charge in [0.1, 0.15) is 22.3 Å². The second-order valence-corrected chi connectivity index (χ2v) is 5.11. The Morgan fingerprint density at radius 2 is 1.83 bits per heavy atom. The molecule has 2 N–H and O–H groups in total. The molecule has 0 radical (unpaired) electrons. The molecule has 0 unspecified atom stereocenters. The molecule has 2 rings (SSSR count). The van der Waals surface area contributed by atoms with Gasteiger partial charge >= 0.3 is 5.97 Å². The van der Waals surface area contributed by atoms with Gasteiger partial charge in [0.25, 0.3) is 0 Å². The summed E-state index contributed by atoms with van der Waals surface area (Å²) >= 11 is 12.1. The summed E-state index contributed by atoms with van der Waals surface area (Å²) in [6.45, 7) is -0.594. The molecular formula is C15H10Cl2FNO4. The molecule has 0 fully saturated rings. The zero-order chi connectivity index (χ0) is 17.0. The van der Waals surface area contributed by atoms with Crippen LogP contribution in [0.15, 0.2) is 41.6 Å². The van der Waals surface area contributed by atoms with Gasteiger partial charge in [-0.15, -0.1) is 0 Å². The molecule has 0 atom stereocenters. The molecule has 8 heteroatoms. The fourth-order valence-corrected chi connectivity index (χ4v) is 2.34. The number of oxime groups is 1. The first kappa shape index (κ1) is 17.1. The van der Waals surface area contributed by atoms with Crippen molar-refractivity contribution in [3.63, 3.8) is 0 Å². The number of benzene rings is 2. The Morgan fingerprint density at radius 3 is 2.43 bits per heavy atom. The lowest BCUT2D eigenvalue weighted by atomic mass is 10.0. The van der Waals surface area contributed by atoms with Crippen LogP contribution >= 0.6 is 23.2 Å². The van der Waals surface area contributed by atoms with E-state index >= 15 is 0 Å². The first-order valence-corrected chi connectivity index (χ1v) is 7.01. The van der Waals surface area contributed by atoms with Crippen LogP contribution in [0, 0.1) is 5.82 Å². The number of carboxylic acid groups (broad SMARTS) is 1. The van der Waals surface area contributed by atoms with Crippen molar-refractivity contribution >= 4 is 34.9 Å². The zero-order valence-corrected chi connectivity index (χ0v) is 13.0. The molecule has 0 aliphatic heterocycles. The molecule has 0 heterocycles. The number of carbonyl (C=O) groups is 1. The average Bonchev–Trinajstić information content (AvgIpc) is 2.52. The Kier molecular flexibility index (Phi) is 5.41. The third-order valence-corrected chi connectivity index (χ3v) is 3.75. The van der Waals surface area contributed by atoms with E-state index in [4.69, 9.17) is 33.0 Å². The lowest BCUT2D eigenvalue weighted by Crippen LogP contribution is -2.11. The van der Waals surface area contributed by atoms with Crippen LogP contribution in [0.1, 0.15) is 11.1 Å². The second kappa shape index (κ2) is 7.30. The summed E-state index contributed by atoms with van der Waals surface area (Å²) in [5, 5.41) is 20.8. The van der Waals surface area contributed by atoms with E-state index in [0.717, 1.165) is 0 Å². The molecule has 120 valence electrons. The van der Waals surface area contributed by atoms with Gasteiger partial charge in [-0.3, -0.25) is 0 Å². The maximum absolute atomic E-state index is 13.9. The topological polar surface area (TPSA) is 79.1 Å². The number of halogens is 3. The summed E-state index contributed by atoms with van der Waals surface area (Å²) in [7, 11) is 0. The molecule has 23 heavy (non-hydrogen) atoms. The van der Waals surface area contributed by atoms with Crippen LogP contribution in [0.3, 0.4) is 0 Å². The minimum absolute atomic E-state index is 0.0344. The number of nitrogens with zero attached hydrogens (tertiary/aromatic N) is 1. The van der Waals surface area contributed by atoms with Gasteiger partial charge < -0.3 is 15.1 Å². The van der Waals surface area contributed by atoms with Crippen LogP contribution in [-0.4, -0.2) is 28.6 Å². The molecular weight excluding hydrogens is 348 g/mol. The Labute approximate surface area is 140 Å². The van der Waals surface area contributed by atoms with Crippen molar-refractivity contribution < 1.29 is 24.2 Å². The molecule has 0 amide bonds. The largest absolute Gasteiger partial charge is 0.480 e. The van der Waals surface area contributed by atoms with Crippen molar-refractivity contribution in [2.45, 2.75) is 0 Å². The zero-order valence-electron chi connectivity index (χ0n) is 11.5. The molecule has 2 aromatic carbocycles. The number of carboxylic acids is 1. The lowest BCUT2D eigenvalue weighted by molar-refractivity contribution is -0.139. The van der Waals surface area contributed by atoms with E-state index in [1.165, 1.54) is 30.3 Å². The Hall–Kier alpha value is -2.31. The highest BCUT2D eigenvalue weighted by Gasteiger charge is 2.19. The van der Waals surface area contributed by atoms with Crippen LogP contribution < -0.4 is 4.74 Å². The summed E-state index contributed by atoms with van der Waals surface area (Å²) < 4.78 is 18.9. The number of hydrogen-bond donors (Lipinski definition) is 2. The number of rotatable bonds is 5. The Balaban J connectivity index is 2.45. The monoisotopic (exact) mass is 357 g/mol. The maximum Gasteiger partial charge on any atom is 0.341 e. The minimum atomic E-state index is -1.18. The van der Waals surface area contributed by atoms with Crippen molar-refractivity contribution in [2.24, 2.45) is 5.16 Å². The van der Waals surface area contributed by atoms with Crippen LogP contribution in [0.5, 0.6) is 5.75 Å². The highest BCUT2D eigenvalue weighted by Crippen LogP contribution is 2.36. The van der Waals surface area contributed by atoms with Crippen molar-refractivity contribution in [2.75, 3.05) is 6.61 Å². The van der Waals surface area contributed by atoms with Gasteiger partial charge in [-0.25, -0.2) is 9.18 Å². The number of hydrogen-bond acceptors (Lipinski definition) is 4. The van der Waals surface area contributed by atoms with Gasteiger partial charge in [-0.2, -0.15) is 0 Å². The highest BCUT2D eigenvalue weighted by molar-refractivity contribution is 6.45. The fourth-order valence-electron chi connectivity index (χ4n) is 1.87. The van der Waals surface area contributed by atoms with E-state index in [1.54, 1.807) is 6.07 Å². The third kappa shape index (κ3) is 3.72. The van der Waals surface area contributed by atoms with Gasteiger partial charge in [0.15, 0.2) is 6.61 Å². The normalized spacial score (nSPS) is 11.3. The van der Waals surface area contributed by atoms with E-state index in [2.05, 4.69) is 5.16 Å². The van der Waals surface area contributed by atoms with Gasteiger partial charge in [0, 0.05) is 11.1 Å². The van der Waals surface area contributed by atoms with Gasteiger partial charge in [-0.1, -0.05) is 40.5 Å². The van der Waals surface area contributed by atoms with E-state index in [9.17, 15) is 14.4 Å². The Bertz CT molecular complexity index is 780. The summed E-state index contributed by atoms with van der Waals surface area (Å²) in [5.74, 6) is -1.72. The van der Waals surface area contributed by atoms with Crippen LogP contribution in [0.4, 0.5) is 4.39 Å². The SMILES string of the molecule is O=C(O)COc1ccc(/C(=N/O)c2ccccc2F)c(Cl)c1Cl. The fraction of sp³-hybridized carbons (Fsp3) is 0.0667. The van der Waals surface area contributed by atoms with Crippen LogP contribution in [0.25, 0.3) is 0 Å². The Morgan fingerprint density at radius 1 is 1.13 bits per heavy atom. The van der Waals surface area contributed by atoms with Crippen molar-refractivity contribution in [3.05, 3.63) is 63.4 Å². The first-order chi connectivity index (χ1) is 11.0. The standard InChI is InChI=1S/C15H10Cl2FNO4/c16-13-9(5-6-11(14(13)17)23-7-12(20)21)15(19-22)8-3-1-2-4-10(8)18/h1-6,22H,7H2,(H,20,21)/b19-15+. The molecule has 0 saturated heterocycles. The molecule has 2 aromatic rings. The smallest absolute Gasteiger partial charge is 0.341 e. The summed E-state index contributed by atoms with van der Waals surface area (Å²) in [5.41, 5.74) is 0.0962. The van der Waals surface area contributed by atoms with E-state index in [0.29, 0.717) is 0 Å². The predicted octanol–water partition coefficient (Wildman–Crippen LogP) is 3.82. The maximum atomic E-state index is 13.9.